The van der Waals surface area contributed by atoms with Gasteiger partial charge in [0.05, 0.1) is 18.5 Å². The second-order valence-electron chi connectivity index (χ2n) is 7.52. The molecule has 33 heavy (non-hydrogen) atoms. The molecule has 0 saturated heterocycles. The number of rotatable bonds is 14. The van der Waals surface area contributed by atoms with Gasteiger partial charge in [-0.3, -0.25) is 14.4 Å². The number of aliphatic hydroxyl groups excluding tert-OH is 2. The minimum atomic E-state index is -1.56. The summed E-state index contributed by atoms with van der Waals surface area (Å²) in [6, 6.07) is -5.13. The van der Waals surface area contributed by atoms with E-state index in [1.165, 1.54) is 38.1 Å². The van der Waals surface area contributed by atoms with Crippen LogP contribution in [0.15, 0.2) is 12.5 Å². The molecule has 0 aromatic carbocycles. The Bertz CT molecular complexity index is 790. The number of carboxylic acid groups (broad SMARTS) is 1. The molecule has 0 radical (unpaired) electrons. The first-order valence-electron chi connectivity index (χ1n) is 10.2. The van der Waals surface area contributed by atoms with Gasteiger partial charge in [0.15, 0.2) is 6.04 Å². The Morgan fingerprint density at radius 2 is 1.67 bits per heavy atom. The molecular formula is C19H32N6O7S. The first kappa shape index (κ1) is 28.4. The molecule has 9 N–H and O–H groups in total. The number of nitrogens with zero attached hydrogens (tertiary/aromatic N) is 1. The van der Waals surface area contributed by atoms with Gasteiger partial charge in [0.1, 0.15) is 18.1 Å². The zero-order valence-electron chi connectivity index (χ0n) is 18.6. The molecule has 1 rings (SSSR count). The Hall–Kier alpha value is -2.68. The fourth-order valence-corrected chi connectivity index (χ4v) is 3.20. The van der Waals surface area contributed by atoms with E-state index >= 15 is 0 Å². The van der Waals surface area contributed by atoms with E-state index in [0.717, 1.165) is 0 Å². The Morgan fingerprint density at radius 3 is 2.15 bits per heavy atom. The van der Waals surface area contributed by atoms with E-state index < -0.39 is 60.1 Å². The molecular weight excluding hydrogens is 456 g/mol. The van der Waals surface area contributed by atoms with E-state index in [0.29, 0.717) is 11.4 Å². The summed E-state index contributed by atoms with van der Waals surface area (Å²) in [5.41, 5.74) is 6.17. The summed E-state index contributed by atoms with van der Waals surface area (Å²) in [5.74, 6) is -3.24. The Balaban J connectivity index is 3.03. The molecule has 0 aliphatic heterocycles. The maximum absolute atomic E-state index is 13.0. The molecule has 0 aliphatic rings. The molecule has 1 aromatic rings. The molecule has 6 unspecified atom stereocenters. The van der Waals surface area contributed by atoms with Crippen LogP contribution in [0.4, 0.5) is 0 Å². The summed E-state index contributed by atoms with van der Waals surface area (Å²) in [5, 5.41) is 35.6. The van der Waals surface area contributed by atoms with Gasteiger partial charge >= 0.3 is 5.97 Å². The number of imidazole rings is 1. The molecule has 13 nitrogen and oxygen atoms in total. The molecule has 0 saturated carbocycles. The van der Waals surface area contributed by atoms with Gasteiger partial charge in [0.2, 0.25) is 17.7 Å². The zero-order chi connectivity index (χ0) is 25.1. The fraction of sp³-hybridized carbons (Fsp3) is 0.632. The number of aliphatic hydroxyl groups is 2. The SMILES string of the molecule is CSCCC(NC(=O)C(Cc1cnc[nH]1)NC(=O)C(N)C(C)O)C(=O)NC(C(=O)O)C(C)O. The highest BCUT2D eigenvalue weighted by atomic mass is 32.2. The summed E-state index contributed by atoms with van der Waals surface area (Å²) in [7, 11) is 0. The zero-order valence-corrected chi connectivity index (χ0v) is 19.5. The van der Waals surface area contributed by atoms with Gasteiger partial charge in [-0.1, -0.05) is 0 Å². The summed E-state index contributed by atoms with van der Waals surface area (Å²) < 4.78 is 0. The third-order valence-electron chi connectivity index (χ3n) is 4.72. The third-order valence-corrected chi connectivity index (χ3v) is 5.37. The van der Waals surface area contributed by atoms with Gasteiger partial charge in [0, 0.05) is 18.3 Å². The van der Waals surface area contributed by atoms with Crippen LogP contribution in [0.3, 0.4) is 0 Å². The smallest absolute Gasteiger partial charge is 0.328 e. The van der Waals surface area contributed by atoms with E-state index in [1.54, 1.807) is 6.26 Å². The van der Waals surface area contributed by atoms with Crippen LogP contribution >= 0.6 is 11.8 Å². The summed E-state index contributed by atoms with van der Waals surface area (Å²) in [6.07, 6.45) is 2.29. The lowest BCUT2D eigenvalue weighted by molar-refractivity contribution is -0.145. The Kier molecular flexibility index (Phi) is 11.8. The molecule has 0 aliphatic carbocycles. The van der Waals surface area contributed by atoms with Crippen LogP contribution in [0, 0.1) is 0 Å². The van der Waals surface area contributed by atoms with Crippen molar-refractivity contribution in [2.45, 2.75) is 63.1 Å². The van der Waals surface area contributed by atoms with Crippen molar-refractivity contribution in [2.75, 3.05) is 12.0 Å². The van der Waals surface area contributed by atoms with E-state index in [-0.39, 0.29) is 12.8 Å². The van der Waals surface area contributed by atoms with Crippen LogP contribution in [0.2, 0.25) is 0 Å². The number of aromatic amines is 1. The second-order valence-corrected chi connectivity index (χ2v) is 8.50. The van der Waals surface area contributed by atoms with Crippen molar-refractivity contribution in [3.05, 3.63) is 18.2 Å². The molecule has 1 heterocycles. The highest BCUT2D eigenvalue weighted by Crippen LogP contribution is 2.06. The van der Waals surface area contributed by atoms with E-state index in [4.69, 9.17) is 5.73 Å². The maximum Gasteiger partial charge on any atom is 0.328 e. The van der Waals surface area contributed by atoms with Crippen molar-refractivity contribution in [1.29, 1.82) is 0 Å². The average molecular weight is 489 g/mol. The largest absolute Gasteiger partial charge is 0.480 e. The lowest BCUT2D eigenvalue weighted by Gasteiger charge is -2.26. The number of hydrogen-bond acceptors (Lipinski definition) is 9. The minimum Gasteiger partial charge on any atom is -0.480 e. The molecule has 186 valence electrons. The number of carboxylic acids is 1. The van der Waals surface area contributed by atoms with Crippen LogP contribution in [0.25, 0.3) is 0 Å². The maximum atomic E-state index is 13.0. The molecule has 6 atom stereocenters. The monoisotopic (exact) mass is 488 g/mol. The fourth-order valence-electron chi connectivity index (χ4n) is 2.73. The van der Waals surface area contributed by atoms with Gasteiger partial charge in [-0.15, -0.1) is 0 Å². The normalized spacial score (nSPS) is 16.5. The predicted octanol–water partition coefficient (Wildman–Crippen LogP) is -2.67. The molecule has 0 bridgehead atoms. The number of H-pyrrole nitrogens is 1. The lowest BCUT2D eigenvalue weighted by atomic mass is 10.1. The summed E-state index contributed by atoms with van der Waals surface area (Å²) in [6.45, 7) is 2.55. The van der Waals surface area contributed by atoms with Gasteiger partial charge in [-0.25, -0.2) is 9.78 Å². The highest BCUT2D eigenvalue weighted by molar-refractivity contribution is 7.98. The number of thioether (sulfide) groups is 1. The number of hydrogen-bond donors (Lipinski definition) is 8. The number of carbonyl (C=O) groups is 4. The van der Waals surface area contributed by atoms with Crippen molar-refractivity contribution >= 4 is 35.5 Å². The number of carbonyl (C=O) groups excluding carboxylic acids is 3. The second kappa shape index (κ2) is 13.8. The van der Waals surface area contributed by atoms with Crippen molar-refractivity contribution in [3.8, 4) is 0 Å². The first-order chi connectivity index (χ1) is 15.5. The molecule has 3 amide bonds. The number of nitrogens with one attached hydrogen (secondary N) is 4. The topological polar surface area (TPSA) is 220 Å². The van der Waals surface area contributed by atoms with Crippen LogP contribution in [-0.2, 0) is 25.6 Å². The number of aliphatic carboxylic acids is 1. The third kappa shape index (κ3) is 9.37. The minimum absolute atomic E-state index is 0.00754. The summed E-state index contributed by atoms with van der Waals surface area (Å²) in [4.78, 5) is 56.0. The number of nitrogens with two attached hydrogens (primary N) is 1. The molecule has 0 fully saturated rings. The van der Waals surface area contributed by atoms with E-state index in [2.05, 4.69) is 25.9 Å². The van der Waals surface area contributed by atoms with Gasteiger partial charge < -0.3 is 42.0 Å². The van der Waals surface area contributed by atoms with Crippen molar-refractivity contribution in [3.63, 3.8) is 0 Å². The first-order valence-corrected chi connectivity index (χ1v) is 11.6. The predicted molar refractivity (Wildman–Crippen MR) is 120 cm³/mol. The number of aromatic nitrogens is 2. The van der Waals surface area contributed by atoms with E-state index in [1.807, 2.05) is 0 Å². The van der Waals surface area contributed by atoms with Gasteiger partial charge in [-0.2, -0.15) is 11.8 Å². The van der Waals surface area contributed by atoms with Gasteiger partial charge in [-0.05, 0) is 32.3 Å². The van der Waals surface area contributed by atoms with Crippen molar-refractivity contribution in [1.82, 2.24) is 25.9 Å². The number of amides is 3. The van der Waals surface area contributed by atoms with Crippen LogP contribution < -0.4 is 21.7 Å². The van der Waals surface area contributed by atoms with Crippen LogP contribution in [-0.4, -0.2) is 97.4 Å². The quantitative estimate of drug-likeness (QED) is 0.136. The molecule has 0 spiro atoms. The highest BCUT2D eigenvalue weighted by Gasteiger charge is 2.32. The van der Waals surface area contributed by atoms with Crippen LogP contribution in [0.1, 0.15) is 26.0 Å². The lowest BCUT2D eigenvalue weighted by Crippen LogP contribution is -2.59. The van der Waals surface area contributed by atoms with Crippen molar-refractivity contribution in [2.24, 2.45) is 5.73 Å². The average Bonchev–Trinajstić information content (AvgIpc) is 3.25. The Labute approximate surface area is 195 Å². The Morgan fingerprint density at radius 1 is 1.06 bits per heavy atom. The molecule has 1 aromatic heterocycles. The molecule has 14 heteroatoms. The van der Waals surface area contributed by atoms with Crippen LogP contribution in [0.5, 0.6) is 0 Å². The summed E-state index contributed by atoms with van der Waals surface area (Å²) >= 11 is 1.41. The van der Waals surface area contributed by atoms with E-state index in [9.17, 15) is 34.5 Å². The standard InChI is InChI=1S/C19H32N6O7S/c1-9(26)14(20)18(30)24-13(6-11-7-21-8-22-11)17(29)23-12(4-5-33-3)16(28)25-15(10(2)27)19(31)32/h7-10,12-15,26-27H,4-6,20H2,1-3H3,(H,21,22)(H,23,29)(H,24,30)(H,25,28)(H,31,32). The van der Waals surface area contributed by atoms with Gasteiger partial charge in [0.25, 0.3) is 0 Å². The van der Waals surface area contributed by atoms with Crippen molar-refractivity contribution < 1.29 is 34.5 Å².